The van der Waals surface area contributed by atoms with Crippen molar-refractivity contribution in [3.05, 3.63) is 18.5 Å². The van der Waals surface area contributed by atoms with E-state index in [-0.39, 0.29) is 29.4 Å². The van der Waals surface area contributed by atoms with Gasteiger partial charge in [0.25, 0.3) is 0 Å². The first-order chi connectivity index (χ1) is 10.4. The monoisotopic (exact) mass is 327 g/mol. The molecular formula is C15H25N3O3S. The van der Waals surface area contributed by atoms with Crippen molar-refractivity contribution in [2.75, 3.05) is 18.1 Å². The molecule has 7 heteroatoms. The molecule has 124 valence electrons. The molecule has 1 unspecified atom stereocenters. The zero-order valence-corrected chi connectivity index (χ0v) is 14.1. The molecule has 0 radical (unpaired) electrons. The fraction of sp³-hybridized carbons (Fsp3) is 0.733. The highest BCUT2D eigenvalue weighted by Gasteiger charge is 2.30. The van der Waals surface area contributed by atoms with Crippen molar-refractivity contribution in [2.45, 2.75) is 45.7 Å². The van der Waals surface area contributed by atoms with Crippen molar-refractivity contribution in [1.29, 1.82) is 0 Å². The van der Waals surface area contributed by atoms with E-state index in [9.17, 15) is 13.2 Å². The summed E-state index contributed by atoms with van der Waals surface area (Å²) in [5, 5.41) is 4.18. The molecule has 1 fully saturated rings. The number of aromatic nitrogens is 2. The number of hydrogen-bond donors (Lipinski definition) is 0. The van der Waals surface area contributed by atoms with E-state index in [0.29, 0.717) is 13.1 Å². The number of carbonyl (C=O) groups is 1. The minimum Gasteiger partial charge on any atom is -0.337 e. The van der Waals surface area contributed by atoms with Crippen molar-refractivity contribution >= 4 is 15.7 Å². The number of hydrogen-bond acceptors (Lipinski definition) is 4. The van der Waals surface area contributed by atoms with Crippen LogP contribution >= 0.6 is 0 Å². The molecule has 2 heterocycles. The number of rotatable bonds is 6. The van der Waals surface area contributed by atoms with Crippen LogP contribution in [0, 0.1) is 5.92 Å². The Balaban J connectivity index is 2.02. The van der Waals surface area contributed by atoms with Crippen LogP contribution in [0.15, 0.2) is 18.5 Å². The van der Waals surface area contributed by atoms with Gasteiger partial charge in [0.2, 0.25) is 5.91 Å². The normalized spacial score (nSPS) is 19.6. The Hall–Kier alpha value is -1.37. The van der Waals surface area contributed by atoms with Gasteiger partial charge in [-0.2, -0.15) is 5.10 Å². The molecule has 0 bridgehead atoms. The lowest BCUT2D eigenvalue weighted by molar-refractivity contribution is -0.132. The standard InChI is InChI=1S/C15H25N3O3S/c1-13(2)11-22(20,21)12-15(19)18-9-4-3-6-14(18)10-17-8-5-7-16-17/h5,7-8,13-14H,3-4,6,9-12H2,1-2H3. The summed E-state index contributed by atoms with van der Waals surface area (Å²) in [6.45, 7) is 4.97. The molecule has 1 aliphatic heterocycles. The van der Waals surface area contributed by atoms with Crippen molar-refractivity contribution in [3.63, 3.8) is 0 Å². The Bertz CT molecular complexity index is 581. The Labute approximate surface area is 132 Å². The minimum absolute atomic E-state index is 0.0374. The molecule has 0 aromatic carbocycles. The van der Waals surface area contributed by atoms with Crippen LogP contribution < -0.4 is 0 Å². The highest BCUT2D eigenvalue weighted by Crippen LogP contribution is 2.19. The fourth-order valence-electron chi connectivity index (χ4n) is 2.98. The third kappa shape index (κ3) is 4.83. The van der Waals surface area contributed by atoms with Crippen LogP contribution in [0.1, 0.15) is 33.1 Å². The summed E-state index contributed by atoms with van der Waals surface area (Å²) in [5.41, 5.74) is 0. The van der Waals surface area contributed by atoms with Gasteiger partial charge in [-0.1, -0.05) is 13.8 Å². The van der Waals surface area contributed by atoms with Gasteiger partial charge in [-0.3, -0.25) is 9.48 Å². The van der Waals surface area contributed by atoms with Crippen LogP contribution in [0.2, 0.25) is 0 Å². The number of carbonyl (C=O) groups excluding carboxylic acids is 1. The third-order valence-corrected chi connectivity index (χ3v) is 5.70. The second-order valence-electron chi connectivity index (χ2n) is 6.41. The quantitative estimate of drug-likeness (QED) is 0.790. The summed E-state index contributed by atoms with van der Waals surface area (Å²) in [6, 6.07) is 1.89. The Morgan fingerprint density at radius 3 is 2.77 bits per heavy atom. The molecule has 0 N–H and O–H groups in total. The van der Waals surface area contributed by atoms with Gasteiger partial charge in [-0.15, -0.1) is 0 Å². The Kier molecular flexibility index (Phi) is 5.61. The second-order valence-corrected chi connectivity index (χ2v) is 8.52. The van der Waals surface area contributed by atoms with E-state index in [1.807, 2.05) is 26.1 Å². The maximum absolute atomic E-state index is 12.5. The van der Waals surface area contributed by atoms with E-state index in [1.165, 1.54) is 0 Å². The first-order valence-corrected chi connectivity index (χ1v) is 9.67. The average Bonchev–Trinajstić information content (AvgIpc) is 2.90. The van der Waals surface area contributed by atoms with E-state index in [1.54, 1.807) is 15.8 Å². The summed E-state index contributed by atoms with van der Waals surface area (Å²) in [5.74, 6) is -0.534. The van der Waals surface area contributed by atoms with E-state index in [2.05, 4.69) is 5.10 Å². The van der Waals surface area contributed by atoms with Crippen LogP contribution in [0.5, 0.6) is 0 Å². The van der Waals surface area contributed by atoms with Crippen LogP contribution in [0.4, 0.5) is 0 Å². The molecule has 0 saturated carbocycles. The molecule has 1 atom stereocenters. The first-order valence-electron chi connectivity index (χ1n) is 7.85. The number of amides is 1. The lowest BCUT2D eigenvalue weighted by Gasteiger charge is -2.35. The molecule has 1 aromatic rings. The van der Waals surface area contributed by atoms with Crippen LogP contribution in [0.3, 0.4) is 0 Å². The first kappa shape index (κ1) is 17.0. The van der Waals surface area contributed by atoms with Crippen molar-refractivity contribution in [1.82, 2.24) is 14.7 Å². The maximum Gasteiger partial charge on any atom is 0.238 e. The molecule has 0 spiro atoms. The predicted octanol–water partition coefficient (Wildman–Crippen LogP) is 1.33. The van der Waals surface area contributed by atoms with E-state index in [0.717, 1.165) is 19.3 Å². The van der Waals surface area contributed by atoms with Crippen molar-refractivity contribution in [3.8, 4) is 0 Å². The molecule has 22 heavy (non-hydrogen) atoms. The smallest absolute Gasteiger partial charge is 0.238 e. The maximum atomic E-state index is 12.5. The van der Waals surface area contributed by atoms with Gasteiger partial charge in [-0.25, -0.2) is 8.42 Å². The van der Waals surface area contributed by atoms with Gasteiger partial charge in [0.05, 0.1) is 18.3 Å². The van der Waals surface area contributed by atoms with Crippen molar-refractivity contribution < 1.29 is 13.2 Å². The summed E-state index contributed by atoms with van der Waals surface area (Å²) in [7, 11) is -3.33. The lowest BCUT2D eigenvalue weighted by atomic mass is 10.0. The van der Waals surface area contributed by atoms with E-state index >= 15 is 0 Å². The molecule has 0 aliphatic carbocycles. The summed E-state index contributed by atoms with van der Waals surface area (Å²) >= 11 is 0. The summed E-state index contributed by atoms with van der Waals surface area (Å²) in [4.78, 5) is 14.2. The molecule has 2 rings (SSSR count). The lowest BCUT2D eigenvalue weighted by Crippen LogP contribution is -2.48. The highest BCUT2D eigenvalue weighted by atomic mass is 32.2. The molecule has 1 aromatic heterocycles. The third-order valence-electron chi connectivity index (χ3n) is 3.84. The highest BCUT2D eigenvalue weighted by molar-refractivity contribution is 7.92. The van der Waals surface area contributed by atoms with Crippen LogP contribution in [0.25, 0.3) is 0 Å². The molecule has 1 amide bonds. The number of sulfone groups is 1. The Morgan fingerprint density at radius 2 is 2.14 bits per heavy atom. The topological polar surface area (TPSA) is 72.3 Å². The van der Waals surface area contributed by atoms with Gasteiger partial charge >= 0.3 is 0 Å². The number of nitrogens with zero attached hydrogens (tertiary/aromatic N) is 3. The average molecular weight is 327 g/mol. The molecule has 6 nitrogen and oxygen atoms in total. The minimum atomic E-state index is -3.33. The zero-order valence-electron chi connectivity index (χ0n) is 13.3. The second kappa shape index (κ2) is 7.26. The number of likely N-dealkylation sites (tertiary alicyclic amines) is 1. The van der Waals surface area contributed by atoms with E-state index < -0.39 is 9.84 Å². The van der Waals surface area contributed by atoms with Crippen LogP contribution in [-0.4, -0.2) is 53.1 Å². The molecular weight excluding hydrogens is 302 g/mol. The van der Waals surface area contributed by atoms with Gasteiger partial charge in [0.1, 0.15) is 5.75 Å². The predicted molar refractivity (Wildman–Crippen MR) is 85.1 cm³/mol. The molecule has 1 aliphatic rings. The molecule has 1 saturated heterocycles. The Morgan fingerprint density at radius 1 is 1.36 bits per heavy atom. The summed E-state index contributed by atoms with van der Waals surface area (Å²) < 4.78 is 25.9. The summed E-state index contributed by atoms with van der Waals surface area (Å²) in [6.07, 6.45) is 6.48. The number of piperidine rings is 1. The largest absolute Gasteiger partial charge is 0.337 e. The van der Waals surface area contributed by atoms with Gasteiger partial charge in [0, 0.05) is 18.9 Å². The SMILES string of the molecule is CC(C)CS(=O)(=O)CC(=O)N1CCCCC1Cn1cccn1. The van der Waals surface area contributed by atoms with Gasteiger partial charge < -0.3 is 4.90 Å². The zero-order chi connectivity index (χ0) is 16.2. The van der Waals surface area contributed by atoms with E-state index in [4.69, 9.17) is 0 Å². The van der Waals surface area contributed by atoms with Crippen LogP contribution in [-0.2, 0) is 21.2 Å². The van der Waals surface area contributed by atoms with Gasteiger partial charge in [-0.05, 0) is 31.2 Å². The van der Waals surface area contributed by atoms with Gasteiger partial charge in [0.15, 0.2) is 9.84 Å². The van der Waals surface area contributed by atoms with Crippen molar-refractivity contribution in [2.24, 2.45) is 5.92 Å². The fourth-order valence-corrected chi connectivity index (χ4v) is 4.66.